The van der Waals surface area contributed by atoms with Crippen molar-refractivity contribution in [3.63, 3.8) is 0 Å². The number of aryl methyl sites for hydroxylation is 2. The highest BCUT2D eigenvalue weighted by atomic mass is 32.2. The van der Waals surface area contributed by atoms with E-state index in [1.807, 2.05) is 32.0 Å². The summed E-state index contributed by atoms with van der Waals surface area (Å²) in [5, 5.41) is 2.88. The number of hydrogen-bond acceptors (Lipinski definition) is 4. The normalized spacial score (nSPS) is 10.5. The molecule has 0 bridgehead atoms. The number of amides is 1. The monoisotopic (exact) mass is 371 g/mol. The Morgan fingerprint density at radius 1 is 1.12 bits per heavy atom. The minimum absolute atomic E-state index is 0.0579. The van der Waals surface area contributed by atoms with Crippen molar-refractivity contribution < 1.29 is 14.3 Å². The third-order valence-electron chi connectivity index (χ3n) is 4.32. The van der Waals surface area contributed by atoms with Crippen LogP contribution in [0.2, 0.25) is 0 Å². The largest absolute Gasteiger partial charge is 0.497 e. The molecule has 26 heavy (non-hydrogen) atoms. The van der Waals surface area contributed by atoms with Crippen molar-refractivity contribution in [2.45, 2.75) is 33.4 Å². The first-order valence-electron chi connectivity index (χ1n) is 8.45. The molecular formula is C21H25NO3S. The van der Waals surface area contributed by atoms with Gasteiger partial charge >= 0.3 is 0 Å². The second kappa shape index (κ2) is 8.90. The van der Waals surface area contributed by atoms with Crippen LogP contribution >= 0.6 is 11.8 Å². The topological polar surface area (TPSA) is 55.4 Å². The molecule has 138 valence electrons. The molecule has 0 fully saturated rings. The van der Waals surface area contributed by atoms with Gasteiger partial charge in [0.05, 0.1) is 12.9 Å². The molecule has 0 spiro atoms. The number of rotatable bonds is 7. The smallest absolute Gasteiger partial charge is 0.234 e. The Bertz CT molecular complexity index is 830. The molecule has 0 aromatic heterocycles. The third-order valence-corrected chi connectivity index (χ3v) is 5.28. The van der Waals surface area contributed by atoms with Crippen LogP contribution < -0.4 is 10.1 Å². The Kier molecular flexibility index (Phi) is 6.86. The molecule has 4 nitrogen and oxygen atoms in total. The molecule has 0 saturated carbocycles. The number of anilines is 1. The number of carbonyl (C=O) groups is 2. The van der Waals surface area contributed by atoms with Gasteiger partial charge in [0.25, 0.3) is 0 Å². The third kappa shape index (κ3) is 4.88. The number of thioether (sulfide) groups is 1. The molecule has 5 heteroatoms. The Hall–Kier alpha value is -2.27. The number of hydrogen-bond donors (Lipinski definition) is 1. The maximum Gasteiger partial charge on any atom is 0.234 e. The first kappa shape index (κ1) is 20.0. The van der Waals surface area contributed by atoms with E-state index >= 15 is 0 Å². The van der Waals surface area contributed by atoms with Gasteiger partial charge in [-0.2, -0.15) is 0 Å². The number of methoxy groups -OCH3 is 1. The predicted octanol–water partition coefficient (Wildman–Crippen LogP) is 4.69. The maximum atomic E-state index is 12.2. The molecular weight excluding hydrogens is 346 g/mol. The van der Waals surface area contributed by atoms with Crippen LogP contribution in [-0.4, -0.2) is 24.6 Å². The van der Waals surface area contributed by atoms with Crippen molar-refractivity contribution in [1.82, 2.24) is 0 Å². The summed E-state index contributed by atoms with van der Waals surface area (Å²) in [7, 11) is 1.60. The Morgan fingerprint density at radius 3 is 2.50 bits per heavy atom. The van der Waals surface area contributed by atoms with E-state index in [2.05, 4.69) is 18.3 Å². The van der Waals surface area contributed by atoms with E-state index in [0.29, 0.717) is 17.3 Å². The van der Waals surface area contributed by atoms with Gasteiger partial charge in [0.2, 0.25) is 5.91 Å². The summed E-state index contributed by atoms with van der Waals surface area (Å²) in [6.45, 7) is 7.61. The summed E-state index contributed by atoms with van der Waals surface area (Å²) >= 11 is 1.54. The molecule has 2 rings (SSSR count). The van der Waals surface area contributed by atoms with E-state index in [4.69, 9.17) is 4.74 Å². The summed E-state index contributed by atoms with van der Waals surface area (Å²) in [4.78, 5) is 24.1. The van der Waals surface area contributed by atoms with Crippen molar-refractivity contribution in [2.24, 2.45) is 0 Å². The van der Waals surface area contributed by atoms with E-state index in [9.17, 15) is 9.59 Å². The van der Waals surface area contributed by atoms with Gasteiger partial charge in [-0.15, -0.1) is 11.8 Å². The van der Waals surface area contributed by atoms with Gasteiger partial charge in [0, 0.05) is 23.1 Å². The zero-order valence-electron chi connectivity index (χ0n) is 15.9. The number of Topliss-reactive ketones (excluding diaryl/α,β-unsaturated/α-hetero) is 1. The highest BCUT2D eigenvalue weighted by molar-refractivity contribution is 7.99. The molecule has 1 amide bonds. The molecule has 2 aromatic carbocycles. The average Bonchev–Trinajstić information content (AvgIpc) is 2.57. The molecule has 0 aliphatic rings. The fraction of sp³-hybridized carbons (Fsp3) is 0.333. The molecule has 0 radical (unpaired) electrons. The van der Waals surface area contributed by atoms with Crippen LogP contribution in [0.4, 0.5) is 5.69 Å². The van der Waals surface area contributed by atoms with Crippen LogP contribution in [0.3, 0.4) is 0 Å². The lowest BCUT2D eigenvalue weighted by Gasteiger charge is -2.15. The van der Waals surface area contributed by atoms with Crippen LogP contribution in [0, 0.1) is 20.8 Å². The van der Waals surface area contributed by atoms with Crippen LogP contribution in [0.25, 0.3) is 0 Å². The molecule has 2 aromatic rings. The zero-order valence-corrected chi connectivity index (χ0v) is 16.8. The molecule has 0 heterocycles. The van der Waals surface area contributed by atoms with Crippen LogP contribution in [0.1, 0.15) is 39.5 Å². The Balaban J connectivity index is 2.00. The van der Waals surface area contributed by atoms with Crippen LogP contribution in [0.5, 0.6) is 5.75 Å². The lowest BCUT2D eigenvalue weighted by molar-refractivity contribution is -0.113. The quantitative estimate of drug-likeness (QED) is 0.717. The van der Waals surface area contributed by atoms with E-state index in [0.717, 1.165) is 33.5 Å². The number of benzene rings is 2. The summed E-state index contributed by atoms with van der Waals surface area (Å²) in [5.74, 6) is 1.78. The van der Waals surface area contributed by atoms with Crippen LogP contribution in [0.15, 0.2) is 30.3 Å². The molecule has 0 aliphatic carbocycles. The van der Waals surface area contributed by atoms with Gasteiger partial charge in [-0.25, -0.2) is 0 Å². The summed E-state index contributed by atoms with van der Waals surface area (Å²) in [6, 6.07) is 9.34. The van der Waals surface area contributed by atoms with Crippen molar-refractivity contribution in [2.75, 3.05) is 18.2 Å². The number of nitrogens with one attached hydrogen (secondary N) is 1. The van der Waals surface area contributed by atoms with Gasteiger partial charge in [-0.3, -0.25) is 9.59 Å². The average molecular weight is 372 g/mol. The summed E-state index contributed by atoms with van der Waals surface area (Å²) < 4.78 is 5.16. The summed E-state index contributed by atoms with van der Waals surface area (Å²) in [5.41, 5.74) is 5.85. The zero-order chi connectivity index (χ0) is 19.3. The SMILES string of the molecule is COc1cccc(NC(=O)CSCc2c(C)cc(C)c(C(C)=O)c2C)c1. The molecule has 0 aliphatic heterocycles. The van der Waals surface area contributed by atoms with Gasteiger partial charge in [-0.05, 0) is 62.1 Å². The lowest BCUT2D eigenvalue weighted by atomic mass is 9.92. The summed E-state index contributed by atoms with van der Waals surface area (Å²) in [6.07, 6.45) is 0. The fourth-order valence-corrected chi connectivity index (χ4v) is 4.14. The van der Waals surface area contributed by atoms with Crippen molar-refractivity contribution in [3.05, 3.63) is 58.1 Å². The number of ketones is 1. The molecule has 0 saturated heterocycles. The van der Waals surface area contributed by atoms with E-state index < -0.39 is 0 Å². The lowest BCUT2D eigenvalue weighted by Crippen LogP contribution is -2.14. The van der Waals surface area contributed by atoms with Crippen molar-refractivity contribution >= 4 is 29.1 Å². The first-order chi connectivity index (χ1) is 12.3. The van der Waals surface area contributed by atoms with Gasteiger partial charge in [-0.1, -0.05) is 12.1 Å². The van der Waals surface area contributed by atoms with Crippen molar-refractivity contribution in [3.8, 4) is 5.75 Å². The van der Waals surface area contributed by atoms with Crippen molar-refractivity contribution in [1.29, 1.82) is 0 Å². The molecule has 1 N–H and O–H groups in total. The first-order valence-corrected chi connectivity index (χ1v) is 9.61. The Labute approximate surface area is 159 Å². The minimum Gasteiger partial charge on any atom is -0.497 e. The van der Waals surface area contributed by atoms with Gasteiger partial charge in [0.1, 0.15) is 5.75 Å². The highest BCUT2D eigenvalue weighted by Crippen LogP contribution is 2.26. The fourth-order valence-electron chi connectivity index (χ4n) is 3.13. The van der Waals surface area contributed by atoms with Crippen LogP contribution in [-0.2, 0) is 10.5 Å². The number of carbonyl (C=O) groups excluding carboxylic acids is 2. The number of ether oxygens (including phenoxy) is 1. The molecule has 0 atom stereocenters. The second-order valence-corrected chi connectivity index (χ2v) is 7.30. The van der Waals surface area contributed by atoms with Gasteiger partial charge < -0.3 is 10.1 Å². The standard InChI is InChI=1S/C21H25NO3S/c1-13-9-14(2)21(16(4)23)15(3)19(13)11-26-12-20(24)22-17-7-6-8-18(10-17)25-5/h6-10H,11-12H2,1-5H3,(H,22,24). The minimum atomic E-state index is -0.0579. The second-order valence-electron chi connectivity index (χ2n) is 6.32. The van der Waals surface area contributed by atoms with E-state index in [1.165, 1.54) is 0 Å². The van der Waals surface area contributed by atoms with Gasteiger partial charge in [0.15, 0.2) is 5.78 Å². The maximum absolute atomic E-state index is 12.2. The molecule has 0 unspecified atom stereocenters. The Morgan fingerprint density at radius 2 is 1.85 bits per heavy atom. The van der Waals surface area contributed by atoms with E-state index in [1.54, 1.807) is 31.9 Å². The highest BCUT2D eigenvalue weighted by Gasteiger charge is 2.14. The van der Waals surface area contributed by atoms with E-state index in [-0.39, 0.29) is 11.7 Å². The predicted molar refractivity (Wildman–Crippen MR) is 108 cm³/mol.